The Morgan fingerprint density at radius 2 is 1.83 bits per heavy atom. The number of fused-ring (bicyclic) bond motifs is 1. The Balaban J connectivity index is 1.38. The number of para-hydroxylation sites is 2. The molecule has 0 radical (unpaired) electrons. The van der Waals surface area contributed by atoms with E-state index < -0.39 is 0 Å². The van der Waals surface area contributed by atoms with Gasteiger partial charge >= 0.3 is 0 Å². The van der Waals surface area contributed by atoms with Gasteiger partial charge in [-0.1, -0.05) is 12.1 Å². The third-order valence-corrected chi connectivity index (χ3v) is 5.86. The van der Waals surface area contributed by atoms with E-state index in [0.717, 1.165) is 36.4 Å². The van der Waals surface area contributed by atoms with Gasteiger partial charge in [-0.2, -0.15) is 0 Å². The van der Waals surface area contributed by atoms with E-state index in [1.54, 1.807) is 19.2 Å². The molecule has 0 spiro atoms. The van der Waals surface area contributed by atoms with Gasteiger partial charge in [0.15, 0.2) is 0 Å². The van der Waals surface area contributed by atoms with Crippen LogP contribution in [-0.2, 0) is 11.2 Å². The highest BCUT2D eigenvalue weighted by molar-refractivity contribution is 5.96. The molecule has 8 heteroatoms. The summed E-state index contributed by atoms with van der Waals surface area (Å²) in [5.74, 6) is 0.912. The van der Waals surface area contributed by atoms with E-state index in [0.29, 0.717) is 38.4 Å². The molecule has 0 aromatic heterocycles. The Hall–Kier alpha value is -3.13. The highest BCUT2D eigenvalue weighted by Gasteiger charge is 2.27. The van der Waals surface area contributed by atoms with E-state index >= 15 is 0 Å². The van der Waals surface area contributed by atoms with Crippen molar-refractivity contribution in [3.63, 3.8) is 0 Å². The first kappa shape index (κ1) is 20.2. The number of nitrogens with zero attached hydrogens (tertiary/aromatic N) is 4. The zero-order chi connectivity index (χ0) is 21.1. The van der Waals surface area contributed by atoms with E-state index in [1.165, 1.54) is 6.07 Å². The van der Waals surface area contributed by atoms with Crippen LogP contribution in [0.15, 0.2) is 42.5 Å². The molecule has 4 rings (SSSR count). The van der Waals surface area contributed by atoms with Crippen LogP contribution in [0.1, 0.15) is 12.0 Å². The Labute approximate surface area is 175 Å². The van der Waals surface area contributed by atoms with Crippen molar-refractivity contribution < 1.29 is 14.5 Å². The molecule has 0 N–H and O–H groups in total. The number of amides is 1. The predicted molar refractivity (Wildman–Crippen MR) is 115 cm³/mol. The summed E-state index contributed by atoms with van der Waals surface area (Å²) >= 11 is 0. The molecule has 0 atom stereocenters. The van der Waals surface area contributed by atoms with Gasteiger partial charge in [0.05, 0.1) is 18.6 Å². The van der Waals surface area contributed by atoms with Crippen molar-refractivity contribution in [2.45, 2.75) is 12.8 Å². The molecule has 30 heavy (non-hydrogen) atoms. The lowest BCUT2D eigenvalue weighted by Crippen LogP contribution is -2.50. The van der Waals surface area contributed by atoms with Crippen LogP contribution in [0.3, 0.4) is 0 Å². The van der Waals surface area contributed by atoms with Crippen molar-refractivity contribution in [1.82, 2.24) is 4.90 Å². The van der Waals surface area contributed by atoms with Crippen molar-refractivity contribution in [2.75, 3.05) is 56.2 Å². The lowest BCUT2D eigenvalue weighted by molar-refractivity contribution is -0.384. The first-order valence-electron chi connectivity index (χ1n) is 10.2. The second-order valence-corrected chi connectivity index (χ2v) is 7.65. The number of rotatable bonds is 5. The molecule has 0 unspecified atom stereocenters. The molecule has 0 saturated carbocycles. The number of hydrogen-bond acceptors (Lipinski definition) is 6. The minimum absolute atomic E-state index is 0.0975. The van der Waals surface area contributed by atoms with Crippen LogP contribution in [-0.4, -0.2) is 62.1 Å². The van der Waals surface area contributed by atoms with Crippen LogP contribution in [0, 0.1) is 10.1 Å². The average molecular weight is 410 g/mol. The first-order chi connectivity index (χ1) is 14.6. The standard InChI is InChI=1S/C22H26N4O4/c1-30-18-8-9-19-17(15-18)5-4-10-25(19)22(27)16-23-11-13-24(14-12-23)20-6-2-3-7-21(20)26(28)29/h2-3,6-9,15H,4-5,10-14,16H2,1H3. The number of anilines is 2. The second kappa shape index (κ2) is 8.71. The number of nitro benzene ring substituents is 1. The van der Waals surface area contributed by atoms with Crippen molar-refractivity contribution in [1.29, 1.82) is 0 Å². The quantitative estimate of drug-likeness (QED) is 0.557. The van der Waals surface area contributed by atoms with Gasteiger partial charge in [-0.25, -0.2) is 0 Å². The number of carbonyl (C=O) groups is 1. The molecule has 1 saturated heterocycles. The summed E-state index contributed by atoms with van der Waals surface area (Å²) in [5, 5.41) is 11.3. The number of carbonyl (C=O) groups excluding carboxylic acids is 1. The smallest absolute Gasteiger partial charge is 0.292 e. The largest absolute Gasteiger partial charge is 0.497 e. The topological polar surface area (TPSA) is 79.2 Å². The Kier molecular flexibility index (Phi) is 5.85. The number of ether oxygens (including phenoxy) is 1. The molecular formula is C22H26N4O4. The molecule has 158 valence electrons. The number of benzene rings is 2. The zero-order valence-electron chi connectivity index (χ0n) is 17.1. The van der Waals surface area contributed by atoms with E-state index in [2.05, 4.69) is 4.90 Å². The van der Waals surface area contributed by atoms with Crippen molar-refractivity contribution in [3.8, 4) is 5.75 Å². The molecule has 0 aliphatic carbocycles. The van der Waals surface area contributed by atoms with Gasteiger partial charge < -0.3 is 14.5 Å². The number of nitro groups is 1. The summed E-state index contributed by atoms with van der Waals surface area (Å²) < 4.78 is 5.31. The minimum Gasteiger partial charge on any atom is -0.497 e. The van der Waals surface area contributed by atoms with Gasteiger partial charge in [0.2, 0.25) is 5.91 Å². The third-order valence-electron chi connectivity index (χ3n) is 5.86. The fourth-order valence-electron chi connectivity index (χ4n) is 4.27. The molecule has 2 aliphatic rings. The van der Waals surface area contributed by atoms with Gasteiger partial charge in [0.1, 0.15) is 11.4 Å². The van der Waals surface area contributed by atoms with Gasteiger partial charge in [0, 0.05) is 44.5 Å². The fraction of sp³-hybridized carbons (Fsp3) is 0.409. The molecule has 1 fully saturated rings. The summed E-state index contributed by atoms with van der Waals surface area (Å²) in [5.41, 5.74) is 2.90. The Morgan fingerprint density at radius 3 is 2.57 bits per heavy atom. The molecule has 8 nitrogen and oxygen atoms in total. The van der Waals surface area contributed by atoms with Gasteiger partial charge in [-0.3, -0.25) is 19.8 Å². The predicted octanol–water partition coefficient (Wildman–Crippen LogP) is 2.70. The van der Waals surface area contributed by atoms with Crippen molar-refractivity contribution in [3.05, 3.63) is 58.1 Å². The third kappa shape index (κ3) is 4.09. The van der Waals surface area contributed by atoms with E-state index in [-0.39, 0.29) is 16.5 Å². The van der Waals surface area contributed by atoms with Crippen LogP contribution in [0.2, 0.25) is 0 Å². The maximum absolute atomic E-state index is 13.0. The summed E-state index contributed by atoms with van der Waals surface area (Å²) in [6.07, 6.45) is 1.89. The summed E-state index contributed by atoms with van der Waals surface area (Å²) in [4.78, 5) is 30.0. The second-order valence-electron chi connectivity index (χ2n) is 7.65. The van der Waals surface area contributed by atoms with E-state index in [9.17, 15) is 14.9 Å². The Bertz CT molecular complexity index is 940. The van der Waals surface area contributed by atoms with E-state index in [1.807, 2.05) is 34.1 Å². The SMILES string of the molecule is COc1ccc2c(c1)CCCN2C(=O)CN1CCN(c2ccccc2[N+](=O)[O-])CC1. The van der Waals surface area contributed by atoms with Crippen LogP contribution >= 0.6 is 0 Å². The summed E-state index contributed by atoms with van der Waals surface area (Å²) in [6.45, 7) is 3.80. The van der Waals surface area contributed by atoms with Gasteiger partial charge in [-0.15, -0.1) is 0 Å². The maximum atomic E-state index is 13.0. The highest BCUT2D eigenvalue weighted by atomic mass is 16.6. The van der Waals surface area contributed by atoms with Gasteiger partial charge in [0.25, 0.3) is 5.69 Å². The Morgan fingerprint density at radius 1 is 1.07 bits per heavy atom. The van der Waals surface area contributed by atoms with Crippen molar-refractivity contribution in [2.24, 2.45) is 0 Å². The average Bonchev–Trinajstić information content (AvgIpc) is 2.78. The lowest BCUT2D eigenvalue weighted by atomic mass is 10.0. The molecule has 2 heterocycles. The van der Waals surface area contributed by atoms with Crippen LogP contribution in [0.5, 0.6) is 5.75 Å². The molecule has 2 aromatic carbocycles. The number of aryl methyl sites for hydroxylation is 1. The molecule has 0 bridgehead atoms. The fourth-order valence-corrected chi connectivity index (χ4v) is 4.27. The van der Waals surface area contributed by atoms with Crippen LogP contribution in [0.25, 0.3) is 0 Å². The van der Waals surface area contributed by atoms with Crippen LogP contribution in [0.4, 0.5) is 17.1 Å². The number of methoxy groups -OCH3 is 1. The monoisotopic (exact) mass is 410 g/mol. The number of piperazine rings is 1. The van der Waals surface area contributed by atoms with Gasteiger partial charge in [-0.05, 0) is 42.7 Å². The summed E-state index contributed by atoms with van der Waals surface area (Å²) in [7, 11) is 1.65. The maximum Gasteiger partial charge on any atom is 0.292 e. The zero-order valence-corrected chi connectivity index (χ0v) is 17.1. The number of hydrogen-bond donors (Lipinski definition) is 0. The van der Waals surface area contributed by atoms with E-state index in [4.69, 9.17) is 4.74 Å². The summed E-state index contributed by atoms with van der Waals surface area (Å²) in [6, 6.07) is 12.7. The van der Waals surface area contributed by atoms with Crippen LogP contribution < -0.4 is 14.5 Å². The molecule has 2 aliphatic heterocycles. The molecule has 2 aromatic rings. The minimum atomic E-state index is -0.339. The normalized spacial score (nSPS) is 16.8. The molecule has 1 amide bonds. The first-order valence-corrected chi connectivity index (χ1v) is 10.2. The lowest BCUT2D eigenvalue weighted by Gasteiger charge is -2.37. The van der Waals surface area contributed by atoms with Crippen molar-refractivity contribution >= 4 is 23.0 Å². The highest BCUT2D eigenvalue weighted by Crippen LogP contribution is 2.31. The molecular weight excluding hydrogens is 384 g/mol.